The number of anilines is 1. The summed E-state index contributed by atoms with van der Waals surface area (Å²) in [5, 5.41) is 11.2. The van der Waals surface area contributed by atoms with Crippen LogP contribution in [0.1, 0.15) is 12.8 Å². The Morgan fingerprint density at radius 3 is 2.83 bits per heavy atom. The molecule has 124 valence electrons. The molecule has 2 aromatic heterocycles. The highest BCUT2D eigenvalue weighted by Gasteiger charge is 2.10. The van der Waals surface area contributed by atoms with E-state index < -0.39 is 0 Å². The molecule has 9 nitrogen and oxygen atoms in total. The Bertz CT molecular complexity index is 845. The van der Waals surface area contributed by atoms with Crippen LogP contribution in [0.3, 0.4) is 0 Å². The summed E-state index contributed by atoms with van der Waals surface area (Å²) in [5.41, 5.74) is 7.11. The summed E-state index contributed by atoms with van der Waals surface area (Å²) in [6.45, 7) is 0.554. The zero-order valence-electron chi connectivity index (χ0n) is 13.1. The Morgan fingerprint density at radius 2 is 2.12 bits per heavy atom. The topological polar surface area (TPSA) is 121 Å². The number of carbonyl (C=O) groups excluding carboxylic acids is 1. The lowest BCUT2D eigenvalue weighted by atomic mass is 10.3. The lowest BCUT2D eigenvalue weighted by Crippen LogP contribution is -2.13. The van der Waals surface area contributed by atoms with E-state index in [1.807, 2.05) is 24.3 Å². The van der Waals surface area contributed by atoms with E-state index in [1.54, 1.807) is 18.0 Å². The monoisotopic (exact) mass is 327 g/mol. The summed E-state index contributed by atoms with van der Waals surface area (Å²) in [5.74, 6) is 0.883. The summed E-state index contributed by atoms with van der Waals surface area (Å²) in [6.07, 6.45) is 2.54. The molecule has 0 radical (unpaired) electrons. The summed E-state index contributed by atoms with van der Waals surface area (Å²) < 4.78 is 6.78. The maximum absolute atomic E-state index is 10.7. The molecule has 1 aromatic carbocycles. The number of primary amides is 1. The highest BCUT2D eigenvalue weighted by Crippen LogP contribution is 2.18. The molecule has 9 heteroatoms. The first-order chi connectivity index (χ1) is 11.7. The van der Waals surface area contributed by atoms with Gasteiger partial charge in [-0.1, -0.05) is 5.21 Å². The number of hydrogen-bond donors (Lipinski definition) is 2. The van der Waals surface area contributed by atoms with Gasteiger partial charge < -0.3 is 15.8 Å². The molecular formula is C15H17N7O2. The molecule has 0 saturated carbocycles. The lowest BCUT2D eigenvalue weighted by molar-refractivity contribution is -0.118. The number of fused-ring (bicyclic) bond motifs is 1. The fraction of sp³-hybridized carbons (Fsp3) is 0.267. The van der Waals surface area contributed by atoms with Crippen molar-refractivity contribution in [3.8, 4) is 11.4 Å². The van der Waals surface area contributed by atoms with E-state index in [0.717, 1.165) is 11.4 Å². The number of benzene rings is 1. The standard InChI is InChI=1S/C15H17N7O2/c1-24-11-6-4-10(5-7-11)22-14-12(20-21-22)9-18-15(19-14)17-8-2-3-13(16)23/h4-7,9H,2-3,8H2,1H3,(H2,16,23)(H,17,18,19). The van der Waals surface area contributed by atoms with Gasteiger partial charge in [-0.15, -0.1) is 5.10 Å². The summed E-state index contributed by atoms with van der Waals surface area (Å²) >= 11 is 0. The maximum atomic E-state index is 10.7. The van der Waals surface area contributed by atoms with Crippen molar-refractivity contribution in [2.75, 3.05) is 19.0 Å². The Morgan fingerprint density at radius 1 is 1.33 bits per heavy atom. The Balaban J connectivity index is 1.81. The van der Waals surface area contributed by atoms with Crippen LogP contribution >= 0.6 is 0 Å². The number of carbonyl (C=O) groups is 1. The third-order valence-corrected chi connectivity index (χ3v) is 3.39. The number of amides is 1. The minimum absolute atomic E-state index is 0.320. The first-order valence-electron chi connectivity index (χ1n) is 7.42. The van der Waals surface area contributed by atoms with Crippen molar-refractivity contribution >= 4 is 23.0 Å². The van der Waals surface area contributed by atoms with Gasteiger partial charge in [0.25, 0.3) is 0 Å². The fourth-order valence-electron chi connectivity index (χ4n) is 2.17. The van der Waals surface area contributed by atoms with E-state index in [4.69, 9.17) is 10.5 Å². The predicted octanol–water partition coefficient (Wildman–Crippen LogP) is 0.896. The van der Waals surface area contributed by atoms with Gasteiger partial charge in [0.2, 0.25) is 11.9 Å². The number of ether oxygens (including phenoxy) is 1. The maximum Gasteiger partial charge on any atom is 0.224 e. The third-order valence-electron chi connectivity index (χ3n) is 3.39. The van der Waals surface area contributed by atoms with Crippen LogP contribution in [-0.2, 0) is 4.79 Å². The van der Waals surface area contributed by atoms with Gasteiger partial charge in [-0.25, -0.2) is 4.98 Å². The van der Waals surface area contributed by atoms with Gasteiger partial charge in [0.15, 0.2) is 11.2 Å². The van der Waals surface area contributed by atoms with Gasteiger partial charge in [0.1, 0.15) is 5.75 Å². The molecular weight excluding hydrogens is 310 g/mol. The van der Waals surface area contributed by atoms with Crippen LogP contribution < -0.4 is 15.8 Å². The van der Waals surface area contributed by atoms with Crippen molar-refractivity contribution in [2.45, 2.75) is 12.8 Å². The molecule has 3 N–H and O–H groups in total. The molecule has 0 unspecified atom stereocenters. The van der Waals surface area contributed by atoms with Crippen LogP contribution in [0.4, 0.5) is 5.95 Å². The van der Waals surface area contributed by atoms with Crippen LogP contribution in [0, 0.1) is 0 Å². The highest BCUT2D eigenvalue weighted by atomic mass is 16.5. The molecule has 0 fully saturated rings. The molecule has 0 aliphatic heterocycles. The average Bonchev–Trinajstić information content (AvgIpc) is 3.02. The molecule has 24 heavy (non-hydrogen) atoms. The molecule has 0 atom stereocenters. The normalized spacial score (nSPS) is 10.7. The van der Waals surface area contributed by atoms with Crippen LogP contribution in [-0.4, -0.2) is 44.5 Å². The molecule has 0 bridgehead atoms. The molecule has 0 aliphatic carbocycles. The van der Waals surface area contributed by atoms with Crippen LogP contribution in [0.5, 0.6) is 5.75 Å². The van der Waals surface area contributed by atoms with Gasteiger partial charge >= 0.3 is 0 Å². The number of nitrogens with one attached hydrogen (secondary N) is 1. The van der Waals surface area contributed by atoms with E-state index in [1.165, 1.54) is 0 Å². The Labute approximate surface area is 137 Å². The van der Waals surface area contributed by atoms with E-state index in [9.17, 15) is 4.79 Å². The smallest absolute Gasteiger partial charge is 0.224 e. The minimum Gasteiger partial charge on any atom is -0.497 e. The van der Waals surface area contributed by atoms with Crippen LogP contribution in [0.2, 0.25) is 0 Å². The third kappa shape index (κ3) is 3.40. The van der Waals surface area contributed by atoms with Gasteiger partial charge in [-0.05, 0) is 30.7 Å². The van der Waals surface area contributed by atoms with Crippen LogP contribution in [0.15, 0.2) is 30.5 Å². The van der Waals surface area contributed by atoms with E-state index in [-0.39, 0.29) is 5.91 Å². The molecule has 0 saturated heterocycles. The number of nitrogens with two attached hydrogens (primary N) is 1. The first-order valence-corrected chi connectivity index (χ1v) is 7.42. The average molecular weight is 327 g/mol. The largest absolute Gasteiger partial charge is 0.497 e. The second-order valence-electron chi connectivity index (χ2n) is 5.10. The summed E-state index contributed by atoms with van der Waals surface area (Å²) in [6, 6.07) is 7.42. The van der Waals surface area contributed by atoms with E-state index in [0.29, 0.717) is 36.5 Å². The van der Waals surface area contributed by atoms with E-state index in [2.05, 4.69) is 25.6 Å². The zero-order valence-corrected chi connectivity index (χ0v) is 13.1. The quantitative estimate of drug-likeness (QED) is 0.618. The summed E-state index contributed by atoms with van der Waals surface area (Å²) in [4.78, 5) is 19.4. The van der Waals surface area contributed by atoms with Gasteiger partial charge in [-0.2, -0.15) is 9.67 Å². The van der Waals surface area contributed by atoms with Crippen molar-refractivity contribution in [1.82, 2.24) is 25.0 Å². The molecule has 0 spiro atoms. The molecule has 3 rings (SSSR count). The molecule has 3 aromatic rings. The first kappa shape index (κ1) is 15.7. The second kappa shape index (κ2) is 6.90. The Kier molecular flexibility index (Phi) is 4.50. The number of aromatic nitrogens is 5. The molecule has 0 aliphatic rings. The van der Waals surface area contributed by atoms with Crippen molar-refractivity contribution in [3.63, 3.8) is 0 Å². The number of methoxy groups -OCH3 is 1. The predicted molar refractivity (Wildman–Crippen MR) is 87.9 cm³/mol. The van der Waals surface area contributed by atoms with E-state index >= 15 is 0 Å². The van der Waals surface area contributed by atoms with Crippen molar-refractivity contribution in [3.05, 3.63) is 30.5 Å². The second-order valence-corrected chi connectivity index (χ2v) is 5.10. The van der Waals surface area contributed by atoms with Gasteiger partial charge in [-0.3, -0.25) is 4.79 Å². The zero-order chi connectivity index (χ0) is 16.9. The van der Waals surface area contributed by atoms with Gasteiger partial charge in [0, 0.05) is 13.0 Å². The van der Waals surface area contributed by atoms with Crippen molar-refractivity contribution in [2.24, 2.45) is 5.73 Å². The molecule has 2 heterocycles. The number of hydrogen-bond acceptors (Lipinski definition) is 7. The molecule has 1 amide bonds. The highest BCUT2D eigenvalue weighted by molar-refractivity contribution is 5.73. The minimum atomic E-state index is -0.324. The fourth-order valence-corrected chi connectivity index (χ4v) is 2.17. The number of nitrogens with zero attached hydrogens (tertiary/aromatic N) is 5. The summed E-state index contributed by atoms with van der Waals surface area (Å²) in [7, 11) is 1.61. The van der Waals surface area contributed by atoms with Gasteiger partial charge in [0.05, 0.1) is 19.0 Å². The van der Waals surface area contributed by atoms with Crippen LogP contribution in [0.25, 0.3) is 16.9 Å². The van der Waals surface area contributed by atoms with Crippen molar-refractivity contribution < 1.29 is 9.53 Å². The SMILES string of the molecule is COc1ccc(-n2nnc3cnc(NCCCC(N)=O)nc32)cc1. The van der Waals surface area contributed by atoms with Crippen molar-refractivity contribution in [1.29, 1.82) is 0 Å². The number of rotatable bonds is 7. The lowest BCUT2D eigenvalue weighted by Gasteiger charge is -2.05. The Hall–Kier alpha value is -3.23.